The molecule has 50 heavy (non-hydrogen) atoms. The Morgan fingerprint density at radius 1 is 0.900 bits per heavy atom. The summed E-state index contributed by atoms with van der Waals surface area (Å²) in [6.45, 7) is 16.5. The topological polar surface area (TPSA) is 122 Å². The molecule has 3 heterocycles. The Morgan fingerprint density at radius 2 is 1.56 bits per heavy atom. The molecular weight excluding hydrogens is 657 g/mol. The fourth-order valence-corrected chi connectivity index (χ4v) is 8.16. The van der Waals surface area contributed by atoms with Gasteiger partial charge in [-0.15, -0.1) is 0 Å². The van der Waals surface area contributed by atoms with E-state index < -0.39 is 7.60 Å². The highest BCUT2D eigenvalue weighted by Crippen LogP contribution is 2.47. The fourth-order valence-electron chi connectivity index (χ4n) is 6.52. The first-order valence-corrected chi connectivity index (χ1v) is 19.6. The number of piperazine rings is 2. The van der Waals surface area contributed by atoms with E-state index in [1.54, 1.807) is 13.4 Å². The van der Waals surface area contributed by atoms with E-state index in [1.165, 1.54) is 0 Å². The van der Waals surface area contributed by atoms with Gasteiger partial charge in [0.1, 0.15) is 23.6 Å². The highest BCUT2D eigenvalue weighted by atomic mass is 31.2. The van der Waals surface area contributed by atoms with Gasteiger partial charge < -0.3 is 43.4 Å². The molecule has 0 saturated carbocycles. The molecule has 2 aromatic carbocycles. The predicted octanol–water partition coefficient (Wildman–Crippen LogP) is 5.60. The Morgan fingerprint density at radius 3 is 2.18 bits per heavy atom. The summed E-state index contributed by atoms with van der Waals surface area (Å²) in [4.78, 5) is 31.2. The number of urea groups is 1. The van der Waals surface area contributed by atoms with Gasteiger partial charge in [0.2, 0.25) is 0 Å². The maximum Gasteiger partial charge on any atom is 0.331 e. The number of benzene rings is 2. The van der Waals surface area contributed by atoms with Crippen molar-refractivity contribution in [3.63, 3.8) is 0 Å². The molecule has 2 saturated heterocycles. The number of anilines is 2. The van der Waals surface area contributed by atoms with E-state index in [0.717, 1.165) is 91.6 Å². The number of fused-ring (bicyclic) bond motifs is 1. The molecule has 5 rings (SSSR count). The third-order valence-electron chi connectivity index (χ3n) is 9.09. The lowest BCUT2D eigenvalue weighted by Crippen LogP contribution is -2.50. The Bertz CT molecular complexity index is 1570. The average Bonchev–Trinajstić information content (AvgIpc) is 3.11. The van der Waals surface area contributed by atoms with Gasteiger partial charge in [-0.05, 0) is 89.0 Å². The molecule has 0 unspecified atom stereocenters. The van der Waals surface area contributed by atoms with Gasteiger partial charge in [0.15, 0.2) is 0 Å². The van der Waals surface area contributed by atoms with Crippen LogP contribution in [0.2, 0.25) is 0 Å². The van der Waals surface area contributed by atoms with Crippen LogP contribution in [-0.4, -0.2) is 129 Å². The molecule has 2 amide bonds. The lowest BCUT2D eigenvalue weighted by Gasteiger charge is -2.35. The van der Waals surface area contributed by atoms with Crippen molar-refractivity contribution in [2.24, 2.45) is 0 Å². The second-order valence-corrected chi connectivity index (χ2v) is 15.1. The highest BCUT2D eigenvalue weighted by Gasteiger charge is 2.27. The zero-order valence-electron chi connectivity index (χ0n) is 30.3. The summed E-state index contributed by atoms with van der Waals surface area (Å²) in [5.74, 6) is 2.48. The van der Waals surface area contributed by atoms with Crippen molar-refractivity contribution in [2.45, 2.75) is 46.6 Å². The molecule has 0 spiro atoms. The van der Waals surface area contributed by atoms with Gasteiger partial charge in [-0.1, -0.05) is 0 Å². The fraction of sp³-hybridized carbons (Fsp3) is 0.583. The molecule has 2 aliphatic rings. The lowest BCUT2D eigenvalue weighted by atomic mass is 10.0. The highest BCUT2D eigenvalue weighted by molar-refractivity contribution is 7.53. The quantitative estimate of drug-likeness (QED) is 0.187. The Labute approximate surface area is 296 Å². The van der Waals surface area contributed by atoms with Gasteiger partial charge in [-0.25, -0.2) is 14.8 Å². The number of carbonyl (C=O) groups is 1. The van der Waals surface area contributed by atoms with Gasteiger partial charge in [0.05, 0.1) is 38.1 Å². The monoisotopic (exact) mass is 711 g/mol. The van der Waals surface area contributed by atoms with Gasteiger partial charge >= 0.3 is 13.6 Å². The van der Waals surface area contributed by atoms with Crippen LogP contribution in [0.25, 0.3) is 10.9 Å². The molecular formula is C36H54N7O6P. The zero-order chi connectivity index (χ0) is 35.5. The van der Waals surface area contributed by atoms with Gasteiger partial charge in [-0.3, -0.25) is 4.57 Å². The first kappa shape index (κ1) is 37.8. The summed E-state index contributed by atoms with van der Waals surface area (Å²) in [6, 6.07) is 11.5. The van der Waals surface area contributed by atoms with Crippen molar-refractivity contribution in [3.8, 4) is 11.5 Å². The first-order valence-electron chi connectivity index (χ1n) is 17.9. The molecule has 2 aliphatic heterocycles. The van der Waals surface area contributed by atoms with Gasteiger partial charge in [0.25, 0.3) is 0 Å². The van der Waals surface area contributed by atoms with Crippen LogP contribution in [0.15, 0.2) is 42.7 Å². The smallest absolute Gasteiger partial charge is 0.331 e. The Hall–Kier alpha value is -3.48. The number of carbonyl (C=O) groups excluding carboxylic acids is 1. The molecule has 1 aromatic heterocycles. The van der Waals surface area contributed by atoms with Crippen LogP contribution >= 0.6 is 7.60 Å². The molecule has 3 aromatic rings. The molecule has 14 heteroatoms. The summed E-state index contributed by atoms with van der Waals surface area (Å²) < 4.78 is 35.3. The van der Waals surface area contributed by atoms with Crippen molar-refractivity contribution in [2.75, 3.05) is 102 Å². The molecule has 0 radical (unpaired) electrons. The van der Waals surface area contributed by atoms with Crippen LogP contribution in [-0.2, 0) is 20.0 Å². The summed E-state index contributed by atoms with van der Waals surface area (Å²) in [5.41, 5.74) is 2.76. The van der Waals surface area contributed by atoms with Crippen LogP contribution in [0.4, 0.5) is 16.3 Å². The van der Waals surface area contributed by atoms with Crippen LogP contribution in [0.3, 0.4) is 0 Å². The predicted molar refractivity (Wildman–Crippen MR) is 198 cm³/mol. The van der Waals surface area contributed by atoms with Crippen molar-refractivity contribution in [1.29, 1.82) is 0 Å². The van der Waals surface area contributed by atoms with E-state index in [-0.39, 0.29) is 12.1 Å². The maximum atomic E-state index is 13.0. The van der Waals surface area contributed by atoms with E-state index in [1.807, 2.05) is 56.9 Å². The molecule has 1 N–H and O–H groups in total. The SMILES string of the molecule is CCOP(=O)(CCN1CCN(CCCc2cc3ncnc(N4CCN(C(=O)Nc5ccc(OC(C)C)cc5)CC4)c3cc2OC)CC1)OCC. The molecule has 0 aliphatic carbocycles. The number of amides is 2. The average molecular weight is 712 g/mol. The summed E-state index contributed by atoms with van der Waals surface area (Å²) in [7, 11) is -1.30. The normalized spacial score (nSPS) is 16.3. The zero-order valence-corrected chi connectivity index (χ0v) is 31.2. The number of rotatable bonds is 16. The molecule has 13 nitrogen and oxygen atoms in total. The third-order valence-corrected chi connectivity index (χ3v) is 11.1. The second-order valence-electron chi connectivity index (χ2n) is 12.9. The number of methoxy groups -OCH3 is 1. The van der Waals surface area contributed by atoms with E-state index in [2.05, 4.69) is 42.1 Å². The standard InChI is InChI=1S/C36H54N7O6P/c1-6-47-50(45,48-7-2)24-23-41-17-15-40(16-18-41)14-8-9-29-25-33-32(26-34(29)46-5)35(38-27-37-33)42-19-21-43(22-20-42)36(44)39-30-10-12-31(13-11-30)49-28(3)4/h10-13,25-28H,6-9,14-24H2,1-5H3,(H,39,44). The minimum atomic E-state index is -3.01. The van der Waals surface area contributed by atoms with E-state index in [4.69, 9.17) is 18.5 Å². The number of nitrogens with zero attached hydrogens (tertiary/aromatic N) is 6. The molecule has 274 valence electrons. The van der Waals surface area contributed by atoms with Crippen molar-refractivity contribution >= 4 is 36.0 Å². The number of aromatic nitrogens is 2. The van der Waals surface area contributed by atoms with E-state index in [9.17, 15) is 9.36 Å². The van der Waals surface area contributed by atoms with Crippen molar-refractivity contribution in [3.05, 3.63) is 48.3 Å². The van der Waals surface area contributed by atoms with Crippen LogP contribution < -0.4 is 19.7 Å². The third kappa shape index (κ3) is 10.3. The minimum absolute atomic E-state index is 0.0969. The number of ether oxygens (including phenoxy) is 2. The number of aryl methyl sites for hydroxylation is 1. The van der Waals surface area contributed by atoms with E-state index in [0.29, 0.717) is 45.6 Å². The second kappa shape index (κ2) is 18.1. The molecule has 0 atom stereocenters. The largest absolute Gasteiger partial charge is 0.496 e. The number of hydrogen-bond donors (Lipinski definition) is 1. The number of nitrogens with one attached hydrogen (secondary N) is 1. The van der Waals surface area contributed by atoms with Gasteiger partial charge in [-0.2, -0.15) is 0 Å². The van der Waals surface area contributed by atoms with Crippen molar-refractivity contribution < 1.29 is 27.9 Å². The summed E-state index contributed by atoms with van der Waals surface area (Å²) >= 11 is 0. The van der Waals surface area contributed by atoms with Crippen molar-refractivity contribution in [1.82, 2.24) is 24.7 Å². The summed E-state index contributed by atoms with van der Waals surface area (Å²) in [6.07, 6.45) is 4.04. The molecule has 2 fully saturated rings. The van der Waals surface area contributed by atoms with Gasteiger partial charge in [0, 0.05) is 70.0 Å². The van der Waals surface area contributed by atoms with Crippen LogP contribution in [0, 0.1) is 0 Å². The number of hydrogen-bond acceptors (Lipinski definition) is 11. The Kier molecular flexibility index (Phi) is 13.7. The maximum absolute atomic E-state index is 13.0. The molecule has 0 bridgehead atoms. The van der Waals surface area contributed by atoms with Crippen LogP contribution in [0.5, 0.6) is 11.5 Å². The Balaban J connectivity index is 1.11. The lowest BCUT2D eigenvalue weighted by molar-refractivity contribution is 0.133. The van der Waals surface area contributed by atoms with E-state index >= 15 is 0 Å². The van der Waals surface area contributed by atoms with Crippen LogP contribution in [0.1, 0.15) is 39.7 Å². The summed E-state index contributed by atoms with van der Waals surface area (Å²) in [5, 5.41) is 3.95. The minimum Gasteiger partial charge on any atom is -0.496 e. The first-order chi connectivity index (χ1) is 24.2.